The summed E-state index contributed by atoms with van der Waals surface area (Å²) in [6.07, 6.45) is 1.74. The molecule has 0 saturated heterocycles. The van der Waals surface area contributed by atoms with E-state index in [1.807, 2.05) is 38.1 Å². The van der Waals surface area contributed by atoms with E-state index in [1.54, 1.807) is 37.4 Å². The van der Waals surface area contributed by atoms with Gasteiger partial charge < -0.3 is 14.3 Å². The molecule has 0 aliphatic carbocycles. The van der Waals surface area contributed by atoms with Crippen LogP contribution in [0.15, 0.2) is 63.7 Å². The van der Waals surface area contributed by atoms with Crippen molar-refractivity contribution in [3.8, 4) is 22.7 Å². The Morgan fingerprint density at radius 1 is 1.10 bits per heavy atom. The third-order valence-corrected chi connectivity index (χ3v) is 5.03. The number of anilines is 1. The molecule has 2 aromatic heterocycles. The Labute approximate surface area is 178 Å². The van der Waals surface area contributed by atoms with Crippen molar-refractivity contribution in [2.24, 2.45) is 0 Å². The molecule has 0 fully saturated rings. The van der Waals surface area contributed by atoms with Gasteiger partial charge in [0.1, 0.15) is 22.8 Å². The second-order valence-electron chi connectivity index (χ2n) is 7.20. The zero-order valence-corrected chi connectivity index (χ0v) is 17.5. The second-order valence-corrected chi connectivity index (χ2v) is 7.60. The highest BCUT2D eigenvalue weighted by Gasteiger charge is 2.23. The minimum absolute atomic E-state index is 0.268. The van der Waals surface area contributed by atoms with Gasteiger partial charge in [-0.05, 0) is 37.3 Å². The average Bonchev–Trinajstić information content (AvgIpc) is 3.36. The van der Waals surface area contributed by atoms with Crippen LogP contribution in [-0.2, 0) is 0 Å². The molecule has 0 radical (unpaired) electrons. The van der Waals surface area contributed by atoms with Gasteiger partial charge in [0, 0.05) is 22.7 Å². The van der Waals surface area contributed by atoms with Gasteiger partial charge in [0.15, 0.2) is 0 Å². The summed E-state index contributed by atoms with van der Waals surface area (Å²) in [5, 5.41) is 7.42. The Morgan fingerprint density at radius 3 is 2.50 bits per heavy atom. The van der Waals surface area contributed by atoms with E-state index in [0.717, 1.165) is 11.3 Å². The van der Waals surface area contributed by atoms with Crippen LogP contribution in [0, 0.1) is 6.92 Å². The molecule has 0 unspecified atom stereocenters. The molecular weight excluding hydrogens is 402 g/mol. The summed E-state index contributed by atoms with van der Waals surface area (Å²) in [6, 6.07) is 14.5. The van der Waals surface area contributed by atoms with Gasteiger partial charge >= 0.3 is 0 Å². The van der Waals surface area contributed by atoms with E-state index >= 15 is 0 Å². The number of aryl methyl sites for hydroxylation is 1. The van der Waals surface area contributed by atoms with Crippen LogP contribution >= 0.6 is 11.6 Å². The first-order chi connectivity index (χ1) is 14.4. The molecule has 0 aliphatic heterocycles. The fraction of sp³-hybridized carbons (Fsp3) is 0.174. The van der Waals surface area contributed by atoms with Crippen LogP contribution < -0.4 is 5.32 Å². The summed E-state index contributed by atoms with van der Waals surface area (Å²) in [7, 11) is 0. The number of nitrogens with one attached hydrogen (secondary N) is 1. The highest BCUT2D eigenvalue weighted by molar-refractivity contribution is 6.33. The van der Waals surface area contributed by atoms with Gasteiger partial charge in [0.05, 0.1) is 11.2 Å². The Bertz CT molecular complexity index is 1190. The Kier molecular flexibility index (Phi) is 5.42. The molecule has 1 amide bonds. The number of oxazole rings is 1. The molecule has 0 atom stereocenters. The van der Waals surface area contributed by atoms with E-state index in [0.29, 0.717) is 39.2 Å². The Morgan fingerprint density at radius 2 is 1.83 bits per heavy atom. The van der Waals surface area contributed by atoms with Crippen LogP contribution in [0.2, 0.25) is 5.02 Å². The summed E-state index contributed by atoms with van der Waals surface area (Å²) in [4.78, 5) is 17.3. The SMILES string of the molecule is Cc1onc(-c2ccccc2Cl)c1C(=O)Nc1ccc(-c2ncc(C(C)C)o2)cc1. The van der Waals surface area contributed by atoms with E-state index in [1.165, 1.54) is 0 Å². The average molecular weight is 422 g/mol. The molecule has 6 nitrogen and oxygen atoms in total. The maximum atomic E-state index is 12.9. The molecule has 0 spiro atoms. The number of hydrogen-bond acceptors (Lipinski definition) is 5. The lowest BCUT2D eigenvalue weighted by Crippen LogP contribution is -2.13. The zero-order valence-electron chi connectivity index (χ0n) is 16.8. The first-order valence-electron chi connectivity index (χ1n) is 9.52. The summed E-state index contributed by atoms with van der Waals surface area (Å²) < 4.78 is 11.0. The number of nitrogens with zero attached hydrogens (tertiary/aromatic N) is 2. The number of amides is 1. The number of carbonyl (C=O) groups excluding carboxylic acids is 1. The number of aromatic nitrogens is 2. The lowest BCUT2D eigenvalue weighted by molar-refractivity contribution is 0.102. The Balaban J connectivity index is 1.56. The number of hydrogen-bond donors (Lipinski definition) is 1. The molecule has 30 heavy (non-hydrogen) atoms. The highest BCUT2D eigenvalue weighted by atomic mass is 35.5. The molecule has 1 N–H and O–H groups in total. The van der Waals surface area contributed by atoms with Gasteiger partial charge in [0.25, 0.3) is 5.91 Å². The third kappa shape index (κ3) is 3.86. The van der Waals surface area contributed by atoms with Gasteiger partial charge in [-0.25, -0.2) is 4.98 Å². The minimum Gasteiger partial charge on any atom is -0.441 e. The van der Waals surface area contributed by atoms with Crippen molar-refractivity contribution in [2.75, 3.05) is 5.32 Å². The van der Waals surface area contributed by atoms with Gasteiger partial charge in [-0.15, -0.1) is 0 Å². The van der Waals surface area contributed by atoms with Gasteiger partial charge in [0.2, 0.25) is 5.89 Å². The quantitative estimate of drug-likeness (QED) is 0.407. The summed E-state index contributed by atoms with van der Waals surface area (Å²) >= 11 is 6.27. The van der Waals surface area contributed by atoms with Gasteiger partial charge in [-0.1, -0.05) is 48.8 Å². The van der Waals surface area contributed by atoms with Crippen molar-refractivity contribution < 1.29 is 13.7 Å². The fourth-order valence-corrected chi connectivity index (χ4v) is 3.28. The van der Waals surface area contributed by atoms with Gasteiger partial charge in [-0.2, -0.15) is 0 Å². The van der Waals surface area contributed by atoms with Crippen molar-refractivity contribution in [2.45, 2.75) is 26.7 Å². The first-order valence-corrected chi connectivity index (χ1v) is 9.90. The van der Waals surface area contributed by atoms with Crippen molar-refractivity contribution in [3.63, 3.8) is 0 Å². The first kappa shape index (κ1) is 19.9. The zero-order chi connectivity index (χ0) is 21.3. The van der Waals surface area contributed by atoms with Crippen LogP contribution in [0.5, 0.6) is 0 Å². The molecule has 7 heteroatoms. The van der Waals surface area contributed by atoms with Crippen LogP contribution in [0.1, 0.15) is 41.6 Å². The van der Waals surface area contributed by atoms with Crippen molar-refractivity contribution >= 4 is 23.2 Å². The van der Waals surface area contributed by atoms with Crippen molar-refractivity contribution in [1.29, 1.82) is 0 Å². The number of benzene rings is 2. The fourth-order valence-electron chi connectivity index (χ4n) is 3.05. The van der Waals surface area contributed by atoms with Crippen molar-refractivity contribution in [1.82, 2.24) is 10.1 Å². The number of carbonyl (C=O) groups is 1. The maximum Gasteiger partial charge on any atom is 0.261 e. The molecule has 0 bridgehead atoms. The molecule has 4 rings (SSSR count). The molecule has 2 aromatic carbocycles. The molecule has 0 saturated carbocycles. The van der Waals surface area contributed by atoms with E-state index in [9.17, 15) is 4.79 Å². The van der Waals surface area contributed by atoms with Crippen molar-refractivity contribution in [3.05, 3.63) is 76.8 Å². The highest BCUT2D eigenvalue weighted by Crippen LogP contribution is 2.31. The standard InChI is InChI=1S/C23H20ClN3O3/c1-13(2)19-12-25-23(29-19)15-8-10-16(11-9-15)26-22(28)20-14(3)30-27-21(20)17-6-4-5-7-18(17)24/h4-13H,1-3H3,(H,26,28). The predicted octanol–water partition coefficient (Wildman–Crippen LogP) is 6.33. The smallest absolute Gasteiger partial charge is 0.261 e. The largest absolute Gasteiger partial charge is 0.441 e. The van der Waals surface area contributed by atoms with E-state index in [2.05, 4.69) is 15.5 Å². The van der Waals surface area contributed by atoms with E-state index in [-0.39, 0.29) is 11.8 Å². The summed E-state index contributed by atoms with van der Waals surface area (Å²) in [5.74, 6) is 1.74. The summed E-state index contributed by atoms with van der Waals surface area (Å²) in [5.41, 5.74) is 2.86. The molecule has 0 aliphatic rings. The normalized spacial score (nSPS) is 11.1. The predicted molar refractivity (Wildman–Crippen MR) is 116 cm³/mol. The van der Waals surface area contributed by atoms with Crippen LogP contribution in [0.25, 0.3) is 22.7 Å². The summed E-state index contributed by atoms with van der Waals surface area (Å²) in [6.45, 7) is 5.79. The van der Waals surface area contributed by atoms with Gasteiger partial charge in [-0.3, -0.25) is 4.79 Å². The maximum absolute atomic E-state index is 12.9. The lowest BCUT2D eigenvalue weighted by atomic mass is 10.1. The molecular formula is C23H20ClN3O3. The second kappa shape index (κ2) is 8.16. The van der Waals surface area contributed by atoms with E-state index < -0.39 is 0 Å². The monoisotopic (exact) mass is 421 g/mol. The van der Waals surface area contributed by atoms with Crippen LogP contribution in [0.4, 0.5) is 5.69 Å². The van der Waals surface area contributed by atoms with E-state index in [4.69, 9.17) is 20.5 Å². The third-order valence-electron chi connectivity index (χ3n) is 4.70. The molecule has 4 aromatic rings. The number of halogens is 1. The molecule has 2 heterocycles. The minimum atomic E-state index is -0.324. The van der Waals surface area contributed by atoms with Crippen LogP contribution in [0.3, 0.4) is 0 Å². The molecule has 152 valence electrons. The lowest BCUT2D eigenvalue weighted by Gasteiger charge is -2.07. The number of rotatable bonds is 5. The topological polar surface area (TPSA) is 81.2 Å². The van der Waals surface area contributed by atoms with Crippen LogP contribution in [-0.4, -0.2) is 16.0 Å². The Hall–Kier alpha value is -3.38.